The summed E-state index contributed by atoms with van der Waals surface area (Å²) in [6, 6.07) is 23.2. The normalized spacial score (nSPS) is 14.5. The second-order valence-electron chi connectivity index (χ2n) is 12.5. The highest BCUT2D eigenvalue weighted by molar-refractivity contribution is 7.48. The summed E-state index contributed by atoms with van der Waals surface area (Å²) in [5.74, 6) is 0.474. The number of nitrogens with zero attached hydrogens (tertiary/aromatic N) is 1. The summed E-state index contributed by atoms with van der Waals surface area (Å²) < 4.78 is 0. The average Bonchev–Trinajstić information content (AvgIpc) is 2.83. The Morgan fingerprint density at radius 1 is 0.784 bits per heavy atom. The number of rotatable bonds is 9. The van der Waals surface area contributed by atoms with Crippen molar-refractivity contribution >= 4 is 25.8 Å². The number of aromatic hydroxyl groups is 1. The molecule has 0 heterocycles. The maximum Gasteiger partial charge on any atom is 0.123 e. The molecule has 198 valence electrons. The van der Waals surface area contributed by atoms with Crippen LogP contribution in [0.2, 0.25) is 0 Å². The maximum atomic E-state index is 11.8. The van der Waals surface area contributed by atoms with Crippen molar-refractivity contribution in [2.75, 3.05) is 0 Å². The first kappa shape index (κ1) is 29.1. The summed E-state index contributed by atoms with van der Waals surface area (Å²) >= 11 is 0. The summed E-state index contributed by atoms with van der Waals surface area (Å²) in [5.41, 5.74) is 5.37. The third-order valence-electron chi connectivity index (χ3n) is 7.14. The summed E-state index contributed by atoms with van der Waals surface area (Å²) in [5, 5.41) is 12.9. The van der Waals surface area contributed by atoms with Crippen LogP contribution in [0.15, 0.2) is 71.7 Å². The quantitative estimate of drug-likeness (QED) is 0.172. The van der Waals surface area contributed by atoms with E-state index < -0.39 is 0 Å². The molecule has 0 amide bonds. The second kappa shape index (κ2) is 12.0. The summed E-state index contributed by atoms with van der Waals surface area (Å²) in [6.07, 6.45) is 6.55. The van der Waals surface area contributed by atoms with E-state index in [0.29, 0.717) is 14.3 Å². The molecule has 3 rings (SSSR count). The first-order valence-electron chi connectivity index (χ1n) is 13.7. The Bertz CT molecular complexity index is 1200. The van der Waals surface area contributed by atoms with Gasteiger partial charge in [0.25, 0.3) is 0 Å². The zero-order valence-electron chi connectivity index (χ0n) is 24.2. The van der Waals surface area contributed by atoms with Crippen LogP contribution in [-0.4, -0.2) is 11.3 Å². The first-order chi connectivity index (χ1) is 17.3. The Morgan fingerprint density at radius 3 is 2.03 bits per heavy atom. The van der Waals surface area contributed by atoms with Crippen molar-refractivity contribution in [3.63, 3.8) is 0 Å². The predicted molar refractivity (Wildman–Crippen MR) is 165 cm³/mol. The molecule has 0 aliphatic rings. The topological polar surface area (TPSA) is 32.6 Å². The molecule has 0 spiro atoms. The Labute approximate surface area is 227 Å². The van der Waals surface area contributed by atoms with Gasteiger partial charge in [-0.25, -0.2) is 0 Å². The van der Waals surface area contributed by atoms with E-state index in [1.54, 1.807) is 0 Å². The fraction of sp³-hybridized carbons (Fsp3) is 0.441. The van der Waals surface area contributed by atoms with Crippen molar-refractivity contribution in [2.45, 2.75) is 97.1 Å². The fourth-order valence-corrected chi connectivity index (χ4v) is 6.42. The molecule has 0 aromatic heterocycles. The van der Waals surface area contributed by atoms with Crippen LogP contribution in [0, 0.1) is 0 Å². The highest BCUT2D eigenvalue weighted by atomic mass is 31.1. The second-order valence-corrected chi connectivity index (χ2v) is 14.4. The lowest BCUT2D eigenvalue weighted by Gasteiger charge is -2.36. The van der Waals surface area contributed by atoms with E-state index in [4.69, 9.17) is 4.99 Å². The van der Waals surface area contributed by atoms with Gasteiger partial charge in [0.2, 0.25) is 0 Å². The smallest absolute Gasteiger partial charge is 0.123 e. The minimum Gasteiger partial charge on any atom is -0.507 e. The van der Waals surface area contributed by atoms with E-state index in [2.05, 4.69) is 91.8 Å². The van der Waals surface area contributed by atoms with E-state index in [-0.39, 0.29) is 16.0 Å². The van der Waals surface area contributed by atoms with Crippen molar-refractivity contribution in [1.29, 1.82) is 0 Å². The van der Waals surface area contributed by atoms with Gasteiger partial charge in [-0.3, -0.25) is 4.99 Å². The molecule has 0 saturated carbocycles. The standard InChI is InChI=1S/C34H46NOP/c1-9-10-16-21-34(8,29-23-26(32(2,3)4)22-28(31(29)36)33(5,6)7)37-30-20-15-14-17-25(30)24-35-27-18-12-11-13-19-27/h11-15,17-20,22-24,36-37H,9-10,16,21H2,1-8H3. The molecule has 37 heavy (non-hydrogen) atoms. The van der Waals surface area contributed by atoms with Gasteiger partial charge < -0.3 is 5.11 Å². The van der Waals surface area contributed by atoms with Gasteiger partial charge in [0.1, 0.15) is 5.75 Å². The minimum atomic E-state index is -0.183. The van der Waals surface area contributed by atoms with Crippen molar-refractivity contribution < 1.29 is 5.11 Å². The van der Waals surface area contributed by atoms with E-state index in [0.717, 1.165) is 35.2 Å². The molecule has 2 atom stereocenters. The molecule has 1 N–H and O–H groups in total. The van der Waals surface area contributed by atoms with Crippen LogP contribution in [0.3, 0.4) is 0 Å². The van der Waals surface area contributed by atoms with E-state index in [1.807, 2.05) is 36.5 Å². The number of phenolic OH excluding ortho intramolecular Hbond substituents is 1. The Kier molecular flexibility index (Phi) is 9.41. The van der Waals surface area contributed by atoms with Crippen LogP contribution >= 0.6 is 8.58 Å². The molecule has 0 saturated heterocycles. The van der Waals surface area contributed by atoms with Gasteiger partial charge >= 0.3 is 0 Å². The van der Waals surface area contributed by atoms with Gasteiger partial charge in [-0.05, 0) is 45.8 Å². The molecule has 3 aromatic carbocycles. The van der Waals surface area contributed by atoms with Crippen LogP contribution in [0.1, 0.15) is 103 Å². The number of unbranched alkanes of at least 4 members (excludes halogenated alkanes) is 2. The van der Waals surface area contributed by atoms with Crippen molar-refractivity contribution in [2.24, 2.45) is 4.99 Å². The summed E-state index contributed by atoms with van der Waals surface area (Å²) in [6.45, 7) is 18.0. The van der Waals surface area contributed by atoms with Crippen LogP contribution in [0.5, 0.6) is 5.75 Å². The molecule has 3 heteroatoms. The van der Waals surface area contributed by atoms with Gasteiger partial charge in [-0.15, -0.1) is 0 Å². The Hall–Kier alpha value is -2.44. The third-order valence-corrected chi connectivity index (χ3v) is 8.93. The highest BCUT2D eigenvalue weighted by Gasteiger charge is 2.34. The van der Waals surface area contributed by atoms with Gasteiger partial charge in [-0.1, -0.05) is 138 Å². The Morgan fingerprint density at radius 2 is 1.41 bits per heavy atom. The van der Waals surface area contributed by atoms with Gasteiger partial charge in [0.15, 0.2) is 0 Å². The van der Waals surface area contributed by atoms with Crippen LogP contribution in [-0.2, 0) is 16.0 Å². The number of aliphatic imine (C=N–C) groups is 1. The van der Waals surface area contributed by atoms with E-state index in [9.17, 15) is 5.11 Å². The molecule has 0 fully saturated rings. The lowest BCUT2D eigenvalue weighted by Crippen LogP contribution is -2.25. The molecule has 0 bridgehead atoms. The Balaban J connectivity index is 2.14. The third kappa shape index (κ3) is 7.55. The van der Waals surface area contributed by atoms with E-state index >= 15 is 0 Å². The zero-order chi connectivity index (χ0) is 27.3. The number of para-hydroxylation sites is 1. The van der Waals surface area contributed by atoms with Crippen LogP contribution < -0.4 is 5.30 Å². The molecule has 0 aliphatic heterocycles. The maximum absolute atomic E-state index is 11.8. The number of hydrogen-bond acceptors (Lipinski definition) is 2. The monoisotopic (exact) mass is 515 g/mol. The molecular weight excluding hydrogens is 469 g/mol. The molecule has 2 nitrogen and oxygen atoms in total. The predicted octanol–water partition coefficient (Wildman–Crippen LogP) is 9.54. The van der Waals surface area contributed by atoms with Crippen LogP contribution in [0.4, 0.5) is 5.69 Å². The lowest BCUT2D eigenvalue weighted by atomic mass is 9.77. The number of hydrogen-bond donors (Lipinski definition) is 1. The SMILES string of the molecule is CCCCCC(C)(Pc1ccccc1C=Nc1ccccc1)c1cc(C(C)(C)C)cc(C(C)(C)C)c1O. The van der Waals surface area contributed by atoms with Crippen molar-refractivity contribution in [1.82, 2.24) is 0 Å². The zero-order valence-corrected chi connectivity index (χ0v) is 25.2. The summed E-state index contributed by atoms with van der Waals surface area (Å²) in [4.78, 5) is 4.76. The van der Waals surface area contributed by atoms with Gasteiger partial charge in [0, 0.05) is 22.5 Å². The van der Waals surface area contributed by atoms with Crippen molar-refractivity contribution in [3.05, 3.63) is 89.0 Å². The van der Waals surface area contributed by atoms with Crippen LogP contribution in [0.25, 0.3) is 0 Å². The van der Waals surface area contributed by atoms with E-state index in [1.165, 1.54) is 23.7 Å². The lowest BCUT2D eigenvalue weighted by molar-refractivity contribution is 0.424. The fourth-order valence-electron chi connectivity index (χ4n) is 4.73. The van der Waals surface area contributed by atoms with Crippen molar-refractivity contribution in [3.8, 4) is 5.75 Å². The number of phenols is 1. The largest absolute Gasteiger partial charge is 0.507 e. The molecular formula is C34H46NOP. The number of benzene rings is 3. The molecule has 0 aliphatic carbocycles. The highest BCUT2D eigenvalue weighted by Crippen LogP contribution is 2.51. The van der Waals surface area contributed by atoms with Gasteiger partial charge in [0.05, 0.1) is 5.69 Å². The van der Waals surface area contributed by atoms with Gasteiger partial charge in [-0.2, -0.15) is 0 Å². The summed E-state index contributed by atoms with van der Waals surface area (Å²) in [7, 11) is 0.508. The molecule has 3 aromatic rings. The average molecular weight is 516 g/mol. The first-order valence-corrected chi connectivity index (χ1v) is 14.7. The minimum absolute atomic E-state index is 0.00383. The molecule has 0 radical (unpaired) electrons. The molecule has 2 unspecified atom stereocenters.